The number of nitrogens with zero attached hydrogens (tertiary/aromatic N) is 3. The zero-order valence-corrected chi connectivity index (χ0v) is 12.2. The first kappa shape index (κ1) is 15.0. The standard InChI is InChI=1S/C14H24N4O2/c1-11(2)18-13(6-7-15-18)16-14(20)9-17-8-4-3-5-12(17)10-19/h6-7,11-12,19H,3-5,8-10H2,1-2H3,(H,16,20). The average Bonchev–Trinajstić information content (AvgIpc) is 2.87. The van der Waals surface area contributed by atoms with Gasteiger partial charge in [0.25, 0.3) is 0 Å². The van der Waals surface area contributed by atoms with Crippen molar-refractivity contribution in [3.63, 3.8) is 0 Å². The highest BCUT2D eigenvalue weighted by Crippen LogP contribution is 2.17. The number of hydrogen-bond donors (Lipinski definition) is 2. The smallest absolute Gasteiger partial charge is 0.239 e. The van der Waals surface area contributed by atoms with Crippen LogP contribution in [-0.2, 0) is 4.79 Å². The van der Waals surface area contributed by atoms with Gasteiger partial charge in [-0.05, 0) is 33.2 Å². The van der Waals surface area contributed by atoms with Gasteiger partial charge in [-0.3, -0.25) is 9.69 Å². The fourth-order valence-corrected chi connectivity index (χ4v) is 2.67. The maximum atomic E-state index is 12.1. The van der Waals surface area contributed by atoms with E-state index in [4.69, 9.17) is 0 Å². The number of carbonyl (C=O) groups is 1. The fraction of sp³-hybridized carbons (Fsp3) is 0.714. The molecule has 0 radical (unpaired) electrons. The summed E-state index contributed by atoms with van der Waals surface area (Å²) in [4.78, 5) is 14.2. The molecule has 1 fully saturated rings. The molecule has 1 amide bonds. The lowest BCUT2D eigenvalue weighted by molar-refractivity contribution is -0.118. The van der Waals surface area contributed by atoms with Gasteiger partial charge < -0.3 is 10.4 Å². The van der Waals surface area contributed by atoms with Gasteiger partial charge in [-0.2, -0.15) is 5.10 Å². The van der Waals surface area contributed by atoms with Crippen LogP contribution in [0.1, 0.15) is 39.2 Å². The number of aliphatic hydroxyl groups is 1. The SMILES string of the molecule is CC(C)n1nccc1NC(=O)CN1CCCCC1CO. The molecule has 0 bridgehead atoms. The largest absolute Gasteiger partial charge is 0.395 e. The first-order chi connectivity index (χ1) is 9.61. The molecule has 2 N–H and O–H groups in total. The molecule has 0 aliphatic carbocycles. The molecule has 1 saturated heterocycles. The van der Waals surface area contributed by atoms with E-state index < -0.39 is 0 Å². The summed E-state index contributed by atoms with van der Waals surface area (Å²) in [5.41, 5.74) is 0. The van der Waals surface area contributed by atoms with Gasteiger partial charge in [-0.1, -0.05) is 6.42 Å². The molecule has 1 aliphatic rings. The molecule has 1 aliphatic heterocycles. The van der Waals surface area contributed by atoms with Crippen LogP contribution >= 0.6 is 0 Å². The highest BCUT2D eigenvalue weighted by Gasteiger charge is 2.23. The lowest BCUT2D eigenvalue weighted by Crippen LogP contribution is -2.45. The summed E-state index contributed by atoms with van der Waals surface area (Å²) in [6, 6.07) is 2.13. The normalized spacial score (nSPS) is 20.3. The molecule has 2 rings (SSSR count). The Bertz CT molecular complexity index is 444. The van der Waals surface area contributed by atoms with Crippen LogP contribution in [-0.4, -0.2) is 51.4 Å². The van der Waals surface area contributed by atoms with Gasteiger partial charge in [-0.15, -0.1) is 0 Å². The van der Waals surface area contributed by atoms with E-state index in [0.29, 0.717) is 6.54 Å². The number of piperidine rings is 1. The van der Waals surface area contributed by atoms with Gasteiger partial charge in [-0.25, -0.2) is 4.68 Å². The lowest BCUT2D eigenvalue weighted by Gasteiger charge is -2.33. The minimum atomic E-state index is -0.0484. The van der Waals surface area contributed by atoms with Crippen molar-refractivity contribution >= 4 is 11.7 Å². The summed E-state index contributed by atoms with van der Waals surface area (Å²) in [6.45, 7) is 5.37. The topological polar surface area (TPSA) is 70.4 Å². The van der Waals surface area contributed by atoms with Crippen molar-refractivity contribution in [3.05, 3.63) is 12.3 Å². The maximum absolute atomic E-state index is 12.1. The third-order valence-electron chi connectivity index (χ3n) is 3.73. The molecule has 1 aromatic heterocycles. The summed E-state index contributed by atoms with van der Waals surface area (Å²) in [5.74, 6) is 0.676. The third kappa shape index (κ3) is 3.58. The average molecular weight is 280 g/mol. The monoisotopic (exact) mass is 280 g/mol. The van der Waals surface area contributed by atoms with Gasteiger partial charge in [0.2, 0.25) is 5.91 Å². The number of anilines is 1. The van der Waals surface area contributed by atoms with Crippen LogP contribution in [0.4, 0.5) is 5.82 Å². The van der Waals surface area contributed by atoms with Crippen LogP contribution in [0.25, 0.3) is 0 Å². The Morgan fingerprint density at radius 1 is 1.55 bits per heavy atom. The molecule has 20 heavy (non-hydrogen) atoms. The fourth-order valence-electron chi connectivity index (χ4n) is 2.67. The Morgan fingerprint density at radius 3 is 3.05 bits per heavy atom. The zero-order chi connectivity index (χ0) is 14.5. The molecule has 6 nitrogen and oxygen atoms in total. The van der Waals surface area contributed by atoms with Crippen molar-refractivity contribution in [2.24, 2.45) is 0 Å². The van der Waals surface area contributed by atoms with E-state index in [1.165, 1.54) is 0 Å². The van der Waals surface area contributed by atoms with Crippen molar-refractivity contribution in [2.75, 3.05) is 25.0 Å². The number of amides is 1. The molecule has 1 aromatic rings. The molecular formula is C14H24N4O2. The minimum Gasteiger partial charge on any atom is -0.395 e. The number of aliphatic hydroxyl groups excluding tert-OH is 1. The van der Waals surface area contributed by atoms with E-state index in [-0.39, 0.29) is 24.6 Å². The highest BCUT2D eigenvalue weighted by atomic mass is 16.3. The van der Waals surface area contributed by atoms with E-state index in [1.54, 1.807) is 16.9 Å². The summed E-state index contributed by atoms with van der Waals surface area (Å²) in [5, 5.41) is 16.5. The van der Waals surface area contributed by atoms with Crippen LogP contribution < -0.4 is 5.32 Å². The van der Waals surface area contributed by atoms with Crippen LogP contribution in [0, 0.1) is 0 Å². The molecule has 112 valence electrons. The quantitative estimate of drug-likeness (QED) is 0.851. The second-order valence-electron chi connectivity index (χ2n) is 5.61. The highest BCUT2D eigenvalue weighted by molar-refractivity contribution is 5.91. The lowest BCUT2D eigenvalue weighted by atomic mass is 10.0. The van der Waals surface area contributed by atoms with Crippen LogP contribution in [0.15, 0.2) is 12.3 Å². The van der Waals surface area contributed by atoms with E-state index in [1.807, 2.05) is 13.8 Å². The van der Waals surface area contributed by atoms with Crippen molar-refractivity contribution < 1.29 is 9.90 Å². The number of carbonyl (C=O) groups excluding carboxylic acids is 1. The minimum absolute atomic E-state index is 0.0484. The molecule has 2 heterocycles. The van der Waals surface area contributed by atoms with E-state index in [2.05, 4.69) is 15.3 Å². The van der Waals surface area contributed by atoms with Crippen molar-refractivity contribution in [3.8, 4) is 0 Å². The second-order valence-corrected chi connectivity index (χ2v) is 5.61. The summed E-state index contributed by atoms with van der Waals surface area (Å²) < 4.78 is 1.79. The predicted molar refractivity (Wildman–Crippen MR) is 77.5 cm³/mol. The second kappa shape index (κ2) is 6.85. The van der Waals surface area contributed by atoms with E-state index in [0.717, 1.165) is 31.6 Å². The van der Waals surface area contributed by atoms with Gasteiger partial charge in [0.05, 0.1) is 19.3 Å². The molecular weight excluding hydrogens is 256 g/mol. The molecule has 0 saturated carbocycles. The number of aromatic nitrogens is 2. The maximum Gasteiger partial charge on any atom is 0.239 e. The Morgan fingerprint density at radius 2 is 2.35 bits per heavy atom. The molecule has 0 spiro atoms. The molecule has 1 atom stereocenters. The van der Waals surface area contributed by atoms with Crippen molar-refractivity contribution in [1.29, 1.82) is 0 Å². The summed E-state index contributed by atoms with van der Waals surface area (Å²) in [7, 11) is 0. The van der Waals surface area contributed by atoms with E-state index in [9.17, 15) is 9.90 Å². The Labute approximate surface area is 119 Å². The number of rotatable bonds is 5. The van der Waals surface area contributed by atoms with Gasteiger partial charge in [0.15, 0.2) is 0 Å². The van der Waals surface area contributed by atoms with Crippen molar-refractivity contribution in [1.82, 2.24) is 14.7 Å². The third-order valence-corrected chi connectivity index (χ3v) is 3.73. The zero-order valence-electron chi connectivity index (χ0n) is 12.2. The first-order valence-electron chi connectivity index (χ1n) is 7.30. The Balaban J connectivity index is 1.93. The number of likely N-dealkylation sites (tertiary alicyclic amines) is 1. The first-order valence-corrected chi connectivity index (χ1v) is 7.30. The van der Waals surface area contributed by atoms with Crippen LogP contribution in [0.3, 0.4) is 0 Å². The van der Waals surface area contributed by atoms with Gasteiger partial charge >= 0.3 is 0 Å². The number of nitrogens with one attached hydrogen (secondary N) is 1. The molecule has 0 aromatic carbocycles. The molecule has 6 heteroatoms. The molecule has 1 unspecified atom stereocenters. The summed E-state index contributed by atoms with van der Waals surface area (Å²) in [6.07, 6.45) is 4.87. The van der Waals surface area contributed by atoms with Gasteiger partial charge in [0, 0.05) is 18.2 Å². The Kier molecular flexibility index (Phi) is 5.14. The van der Waals surface area contributed by atoms with Crippen LogP contribution in [0.5, 0.6) is 0 Å². The van der Waals surface area contributed by atoms with E-state index >= 15 is 0 Å². The van der Waals surface area contributed by atoms with Crippen LogP contribution in [0.2, 0.25) is 0 Å². The van der Waals surface area contributed by atoms with Crippen molar-refractivity contribution in [2.45, 2.75) is 45.2 Å². The Hall–Kier alpha value is -1.40. The summed E-state index contributed by atoms with van der Waals surface area (Å²) >= 11 is 0. The number of hydrogen-bond acceptors (Lipinski definition) is 4. The van der Waals surface area contributed by atoms with Gasteiger partial charge in [0.1, 0.15) is 5.82 Å². The predicted octanol–water partition coefficient (Wildman–Crippen LogP) is 1.25.